The number of hydrogen-bond donors (Lipinski definition) is 2. The Morgan fingerprint density at radius 2 is 2.10 bits per heavy atom. The fourth-order valence-electron chi connectivity index (χ4n) is 2.86. The number of halogens is 3. The van der Waals surface area contributed by atoms with Gasteiger partial charge >= 0.3 is 12.1 Å². The summed E-state index contributed by atoms with van der Waals surface area (Å²) in [5, 5.41) is 16.0. The van der Waals surface area contributed by atoms with Crippen LogP contribution in [0.1, 0.15) is 16.1 Å². The van der Waals surface area contributed by atoms with Gasteiger partial charge in [-0.3, -0.25) is 4.40 Å². The summed E-state index contributed by atoms with van der Waals surface area (Å²) in [6, 6.07) is 4.14. The second-order valence-electron chi connectivity index (χ2n) is 6.04. The highest BCUT2D eigenvalue weighted by molar-refractivity contribution is 5.93. The van der Waals surface area contributed by atoms with Crippen molar-refractivity contribution >= 4 is 23.1 Å². The number of imidazole rings is 1. The summed E-state index contributed by atoms with van der Waals surface area (Å²) < 4.78 is 50.0. The quantitative estimate of drug-likeness (QED) is 0.482. The first-order valence-electron chi connectivity index (χ1n) is 8.32. The fraction of sp³-hybridized carbons (Fsp3) is 0.111. The minimum atomic E-state index is -4.69. The minimum absolute atomic E-state index is 0.0237. The largest absolute Gasteiger partial charge is 0.507 e. The van der Waals surface area contributed by atoms with Crippen LogP contribution in [0.3, 0.4) is 0 Å². The first kappa shape index (κ1) is 19.2. The number of phenolic OH excluding ortho intramolecular Hbond substituents is 1. The number of alkyl halides is 3. The second-order valence-corrected chi connectivity index (χ2v) is 6.04. The fourth-order valence-corrected chi connectivity index (χ4v) is 2.86. The van der Waals surface area contributed by atoms with Gasteiger partial charge in [0, 0.05) is 24.1 Å². The minimum Gasteiger partial charge on any atom is -0.507 e. The molecule has 0 saturated carbocycles. The number of aromatic hydroxyl groups is 1. The van der Waals surface area contributed by atoms with Crippen LogP contribution in [-0.4, -0.2) is 37.7 Å². The molecule has 4 rings (SSSR count). The molecule has 3 aromatic heterocycles. The predicted molar refractivity (Wildman–Crippen MR) is 96.2 cm³/mol. The molecule has 3 heterocycles. The molecule has 30 heavy (non-hydrogen) atoms. The number of fused-ring (bicyclic) bond motifs is 1. The number of hydrogen-bond acceptors (Lipinski definition) is 8. The third kappa shape index (κ3) is 3.27. The van der Waals surface area contributed by atoms with Crippen LogP contribution in [0.25, 0.3) is 16.9 Å². The Labute approximate surface area is 165 Å². The van der Waals surface area contributed by atoms with Crippen molar-refractivity contribution in [3.05, 3.63) is 54.3 Å². The van der Waals surface area contributed by atoms with Crippen LogP contribution in [0.4, 0.5) is 24.7 Å². The van der Waals surface area contributed by atoms with Gasteiger partial charge in [-0.05, 0) is 12.1 Å². The molecule has 0 saturated heterocycles. The van der Waals surface area contributed by atoms with Crippen LogP contribution >= 0.6 is 0 Å². The number of esters is 1. The van der Waals surface area contributed by atoms with Gasteiger partial charge in [0.15, 0.2) is 17.2 Å². The summed E-state index contributed by atoms with van der Waals surface area (Å²) >= 11 is 0. The maximum absolute atomic E-state index is 13.2. The maximum atomic E-state index is 13.2. The van der Waals surface area contributed by atoms with E-state index in [-0.39, 0.29) is 34.0 Å². The van der Waals surface area contributed by atoms with Crippen molar-refractivity contribution in [2.45, 2.75) is 6.18 Å². The van der Waals surface area contributed by atoms with Crippen LogP contribution in [0, 0.1) is 0 Å². The van der Waals surface area contributed by atoms with E-state index < -0.39 is 17.8 Å². The molecular weight excluding hydrogens is 407 g/mol. The molecule has 12 heteroatoms. The normalized spacial score (nSPS) is 11.6. The smallest absolute Gasteiger partial charge is 0.437 e. The molecule has 0 radical (unpaired) electrons. The Balaban J connectivity index is 1.72. The van der Waals surface area contributed by atoms with E-state index in [2.05, 4.69) is 29.7 Å². The Kier molecular flexibility index (Phi) is 4.53. The summed E-state index contributed by atoms with van der Waals surface area (Å²) in [5.41, 5.74) is -0.770. The van der Waals surface area contributed by atoms with Crippen molar-refractivity contribution in [2.24, 2.45) is 0 Å². The van der Waals surface area contributed by atoms with E-state index in [1.165, 1.54) is 48.3 Å². The average molecular weight is 419 g/mol. The van der Waals surface area contributed by atoms with E-state index >= 15 is 0 Å². The van der Waals surface area contributed by atoms with Gasteiger partial charge in [0.05, 0.1) is 24.6 Å². The van der Waals surface area contributed by atoms with E-state index in [0.717, 1.165) is 6.26 Å². The number of phenols is 1. The van der Waals surface area contributed by atoms with Gasteiger partial charge in [0.25, 0.3) is 0 Å². The van der Waals surface area contributed by atoms with Gasteiger partial charge in [-0.1, -0.05) is 5.16 Å². The number of nitrogens with one attached hydrogen (secondary N) is 1. The monoisotopic (exact) mass is 419 g/mol. The first-order chi connectivity index (χ1) is 14.3. The summed E-state index contributed by atoms with van der Waals surface area (Å²) in [6.07, 6.45) is 0.239. The maximum Gasteiger partial charge on any atom is 0.437 e. The molecule has 0 unspecified atom stereocenters. The Bertz CT molecular complexity index is 1250. The number of methoxy groups -OCH3 is 1. The van der Waals surface area contributed by atoms with Crippen LogP contribution in [-0.2, 0) is 10.9 Å². The van der Waals surface area contributed by atoms with E-state index in [4.69, 9.17) is 0 Å². The number of aromatic nitrogens is 4. The van der Waals surface area contributed by atoms with Gasteiger partial charge in [-0.2, -0.15) is 13.2 Å². The van der Waals surface area contributed by atoms with Crippen molar-refractivity contribution in [1.82, 2.24) is 19.5 Å². The predicted octanol–water partition coefficient (Wildman–Crippen LogP) is 3.64. The molecular formula is C18H12F3N5O4. The number of nitrogens with zero attached hydrogens (tertiary/aromatic N) is 4. The van der Waals surface area contributed by atoms with Crippen LogP contribution in [0.5, 0.6) is 5.75 Å². The second kappa shape index (κ2) is 7.06. The van der Waals surface area contributed by atoms with Crippen molar-refractivity contribution in [3.63, 3.8) is 0 Å². The van der Waals surface area contributed by atoms with E-state index in [0.29, 0.717) is 5.69 Å². The lowest BCUT2D eigenvalue weighted by molar-refractivity contribution is -0.142. The Morgan fingerprint density at radius 1 is 1.30 bits per heavy atom. The number of carbonyl (C=O) groups excluding carboxylic acids is 1. The lowest BCUT2D eigenvalue weighted by Crippen LogP contribution is -2.07. The van der Waals surface area contributed by atoms with Crippen LogP contribution < -0.4 is 5.32 Å². The van der Waals surface area contributed by atoms with E-state index in [1.54, 1.807) is 0 Å². The number of anilines is 2. The van der Waals surface area contributed by atoms with Crippen molar-refractivity contribution in [2.75, 3.05) is 12.4 Å². The number of rotatable bonds is 4. The zero-order valence-electron chi connectivity index (χ0n) is 15.1. The molecule has 0 spiro atoms. The van der Waals surface area contributed by atoms with E-state index in [9.17, 15) is 23.1 Å². The van der Waals surface area contributed by atoms with Gasteiger partial charge in [0.1, 0.15) is 17.6 Å². The van der Waals surface area contributed by atoms with Crippen molar-refractivity contribution < 1.29 is 32.3 Å². The molecule has 0 aliphatic rings. The molecule has 4 aromatic rings. The van der Waals surface area contributed by atoms with Crippen LogP contribution in [0.15, 0.2) is 47.6 Å². The highest BCUT2D eigenvalue weighted by Crippen LogP contribution is 2.36. The number of ether oxygens (including phenoxy) is 1. The number of benzene rings is 1. The Hall–Kier alpha value is -4.09. The first-order valence-corrected chi connectivity index (χ1v) is 8.32. The zero-order chi connectivity index (χ0) is 21.5. The lowest BCUT2D eigenvalue weighted by atomic mass is 10.2. The third-order valence-electron chi connectivity index (χ3n) is 4.21. The summed E-state index contributed by atoms with van der Waals surface area (Å²) in [6.45, 7) is 0. The highest BCUT2D eigenvalue weighted by atomic mass is 19.4. The topological polar surface area (TPSA) is 115 Å². The van der Waals surface area contributed by atoms with Gasteiger partial charge in [-0.25, -0.2) is 14.8 Å². The zero-order valence-corrected chi connectivity index (χ0v) is 15.1. The molecule has 2 N–H and O–H groups in total. The van der Waals surface area contributed by atoms with Crippen molar-refractivity contribution in [3.8, 4) is 17.0 Å². The van der Waals surface area contributed by atoms with Crippen LogP contribution in [0.2, 0.25) is 0 Å². The molecule has 1 aromatic carbocycles. The summed E-state index contributed by atoms with van der Waals surface area (Å²) in [4.78, 5) is 19.9. The third-order valence-corrected chi connectivity index (χ3v) is 4.21. The molecule has 0 aliphatic carbocycles. The van der Waals surface area contributed by atoms with Gasteiger partial charge < -0.3 is 19.7 Å². The number of carbonyl (C=O) groups is 1. The molecule has 0 atom stereocenters. The molecule has 9 nitrogen and oxygen atoms in total. The molecule has 0 amide bonds. The van der Waals surface area contributed by atoms with Gasteiger partial charge in [0.2, 0.25) is 0 Å². The standard InChI is InChI=1S/C18H12F3N5O4/c1-29-17(28)10-3-2-9(6-13(10)27)24-15-16-23-7-12(26(16)5-4-22-15)11-8-30-25-14(11)18(19,20)21/h2-8,27H,1H3,(H,22,24). The Morgan fingerprint density at radius 3 is 2.80 bits per heavy atom. The van der Waals surface area contributed by atoms with Gasteiger partial charge in [-0.15, -0.1) is 0 Å². The van der Waals surface area contributed by atoms with E-state index in [1.807, 2.05) is 0 Å². The lowest BCUT2D eigenvalue weighted by Gasteiger charge is -2.10. The summed E-state index contributed by atoms with van der Waals surface area (Å²) in [7, 11) is 1.19. The SMILES string of the molecule is COC(=O)c1ccc(Nc2nccn3c(-c4conc4C(F)(F)F)cnc23)cc1O. The molecule has 154 valence electrons. The molecule has 0 fully saturated rings. The van der Waals surface area contributed by atoms with Crippen molar-refractivity contribution in [1.29, 1.82) is 0 Å². The molecule has 0 bridgehead atoms. The average Bonchev–Trinajstić information content (AvgIpc) is 3.34. The summed E-state index contributed by atoms with van der Waals surface area (Å²) in [5.74, 6) is -0.813. The molecule has 0 aliphatic heterocycles. The highest BCUT2D eigenvalue weighted by Gasteiger charge is 2.38.